The molecule has 0 amide bonds. The van der Waals surface area contributed by atoms with Gasteiger partial charge in [-0.2, -0.15) is 0 Å². The first kappa shape index (κ1) is 16.1. The molecule has 0 aliphatic carbocycles. The van der Waals surface area contributed by atoms with Crippen LogP contribution in [0.1, 0.15) is 36.9 Å². The van der Waals surface area contributed by atoms with E-state index >= 15 is 0 Å². The van der Waals surface area contributed by atoms with Crippen molar-refractivity contribution < 1.29 is 0 Å². The van der Waals surface area contributed by atoms with Crippen LogP contribution in [0, 0.1) is 0 Å². The van der Waals surface area contributed by atoms with Gasteiger partial charge in [0.15, 0.2) is 0 Å². The highest BCUT2D eigenvalue weighted by Gasteiger charge is 2.14. The molecule has 0 aromatic heterocycles. The third-order valence-electron chi connectivity index (χ3n) is 3.72. The second-order valence-electron chi connectivity index (χ2n) is 5.27. The molecule has 112 valence electrons. The van der Waals surface area contributed by atoms with Gasteiger partial charge in [-0.3, -0.25) is 0 Å². The summed E-state index contributed by atoms with van der Waals surface area (Å²) >= 11 is 1.84. The van der Waals surface area contributed by atoms with Crippen molar-refractivity contribution in [1.82, 2.24) is 5.32 Å². The highest BCUT2D eigenvalue weighted by atomic mass is 32.2. The van der Waals surface area contributed by atoms with Crippen molar-refractivity contribution in [3.05, 3.63) is 65.7 Å². The van der Waals surface area contributed by atoms with E-state index in [2.05, 4.69) is 73.1 Å². The first-order valence-electron chi connectivity index (χ1n) is 7.75. The van der Waals surface area contributed by atoms with E-state index in [1.807, 2.05) is 11.8 Å². The molecule has 0 fully saturated rings. The number of hydrogen-bond acceptors (Lipinski definition) is 2. The van der Waals surface area contributed by atoms with Crippen LogP contribution < -0.4 is 5.32 Å². The largest absolute Gasteiger partial charge is 0.310 e. The van der Waals surface area contributed by atoms with Crippen LogP contribution in [0.15, 0.2) is 59.5 Å². The van der Waals surface area contributed by atoms with Crippen LogP contribution >= 0.6 is 11.8 Å². The van der Waals surface area contributed by atoms with Gasteiger partial charge in [0, 0.05) is 10.9 Å². The highest BCUT2D eigenvalue weighted by molar-refractivity contribution is 7.98. The molecule has 0 aliphatic rings. The zero-order valence-electron chi connectivity index (χ0n) is 13.0. The van der Waals surface area contributed by atoms with Gasteiger partial charge in [-0.25, -0.2) is 0 Å². The Kier molecular flexibility index (Phi) is 6.84. The molecule has 2 aromatic carbocycles. The maximum Gasteiger partial charge on any atom is 0.0334 e. The molecule has 1 N–H and O–H groups in total. The van der Waals surface area contributed by atoms with Crippen LogP contribution in [-0.4, -0.2) is 12.8 Å². The van der Waals surface area contributed by atoms with Crippen molar-refractivity contribution in [2.45, 2.75) is 37.1 Å². The molecule has 0 bridgehead atoms. The SMILES string of the molecule is CCCNC(CCc1ccccc1)c1ccccc1SC. The van der Waals surface area contributed by atoms with E-state index in [4.69, 9.17) is 0 Å². The van der Waals surface area contributed by atoms with Gasteiger partial charge in [-0.05, 0) is 49.3 Å². The Morgan fingerprint density at radius 1 is 1.00 bits per heavy atom. The summed E-state index contributed by atoms with van der Waals surface area (Å²) < 4.78 is 0. The van der Waals surface area contributed by atoms with E-state index in [1.165, 1.54) is 22.4 Å². The zero-order valence-corrected chi connectivity index (χ0v) is 13.8. The Labute approximate surface area is 133 Å². The van der Waals surface area contributed by atoms with E-state index in [9.17, 15) is 0 Å². The van der Waals surface area contributed by atoms with Crippen LogP contribution in [0.5, 0.6) is 0 Å². The van der Waals surface area contributed by atoms with Crippen LogP contribution in [0.3, 0.4) is 0 Å². The smallest absolute Gasteiger partial charge is 0.0334 e. The van der Waals surface area contributed by atoms with E-state index < -0.39 is 0 Å². The summed E-state index contributed by atoms with van der Waals surface area (Å²) in [7, 11) is 0. The van der Waals surface area contributed by atoms with Gasteiger partial charge in [-0.1, -0.05) is 55.5 Å². The molecule has 21 heavy (non-hydrogen) atoms. The first-order chi connectivity index (χ1) is 10.3. The molecule has 0 radical (unpaired) electrons. The first-order valence-corrected chi connectivity index (χ1v) is 8.97. The molecule has 0 saturated heterocycles. The minimum absolute atomic E-state index is 0.439. The molecule has 0 heterocycles. The van der Waals surface area contributed by atoms with Crippen molar-refractivity contribution in [2.75, 3.05) is 12.8 Å². The minimum Gasteiger partial charge on any atom is -0.310 e. The lowest BCUT2D eigenvalue weighted by molar-refractivity contribution is 0.493. The van der Waals surface area contributed by atoms with Gasteiger partial charge in [0.05, 0.1) is 0 Å². The van der Waals surface area contributed by atoms with Crippen LogP contribution in [-0.2, 0) is 6.42 Å². The van der Waals surface area contributed by atoms with E-state index in [0.717, 1.165) is 19.4 Å². The quantitative estimate of drug-likeness (QED) is 0.682. The van der Waals surface area contributed by atoms with Crippen molar-refractivity contribution in [2.24, 2.45) is 0 Å². The normalized spacial score (nSPS) is 12.3. The van der Waals surface area contributed by atoms with Crippen LogP contribution in [0.4, 0.5) is 0 Å². The molecule has 2 rings (SSSR count). The number of hydrogen-bond donors (Lipinski definition) is 1. The second-order valence-corrected chi connectivity index (χ2v) is 6.12. The summed E-state index contributed by atoms with van der Waals surface area (Å²) in [6.07, 6.45) is 5.59. The van der Waals surface area contributed by atoms with E-state index in [0.29, 0.717) is 6.04 Å². The van der Waals surface area contributed by atoms with Crippen molar-refractivity contribution in [3.63, 3.8) is 0 Å². The Bertz CT molecular complexity index is 524. The maximum absolute atomic E-state index is 3.72. The summed E-state index contributed by atoms with van der Waals surface area (Å²) in [5.74, 6) is 0. The number of nitrogens with one attached hydrogen (secondary N) is 1. The highest BCUT2D eigenvalue weighted by Crippen LogP contribution is 2.28. The van der Waals surface area contributed by atoms with E-state index in [1.54, 1.807) is 0 Å². The molecule has 1 atom stereocenters. The fourth-order valence-electron chi connectivity index (χ4n) is 2.60. The molecular formula is C19H25NS. The Morgan fingerprint density at radius 3 is 2.43 bits per heavy atom. The molecule has 0 saturated carbocycles. The molecule has 0 aliphatic heterocycles. The fraction of sp³-hybridized carbons (Fsp3) is 0.368. The summed E-state index contributed by atoms with van der Waals surface area (Å²) in [4.78, 5) is 1.39. The average molecular weight is 299 g/mol. The van der Waals surface area contributed by atoms with Crippen LogP contribution in [0.2, 0.25) is 0 Å². The molecule has 2 aromatic rings. The van der Waals surface area contributed by atoms with Crippen molar-refractivity contribution in [3.8, 4) is 0 Å². The number of thioether (sulfide) groups is 1. The Balaban J connectivity index is 2.10. The van der Waals surface area contributed by atoms with E-state index in [-0.39, 0.29) is 0 Å². The van der Waals surface area contributed by atoms with Gasteiger partial charge < -0.3 is 5.32 Å². The van der Waals surface area contributed by atoms with Gasteiger partial charge in [0.25, 0.3) is 0 Å². The summed E-state index contributed by atoms with van der Waals surface area (Å²) in [6, 6.07) is 20.0. The predicted molar refractivity (Wildman–Crippen MR) is 94.0 cm³/mol. The fourth-order valence-corrected chi connectivity index (χ4v) is 3.26. The predicted octanol–water partition coefficient (Wildman–Crippen LogP) is 5.08. The standard InChI is InChI=1S/C19H25NS/c1-3-15-20-18(14-13-16-9-5-4-6-10-16)17-11-7-8-12-19(17)21-2/h4-12,18,20H,3,13-15H2,1-2H3. The summed E-state index contributed by atoms with van der Waals surface area (Å²) in [5.41, 5.74) is 2.86. The average Bonchev–Trinajstić information content (AvgIpc) is 2.56. The molecule has 0 spiro atoms. The second kappa shape index (κ2) is 8.91. The van der Waals surface area contributed by atoms with Crippen LogP contribution in [0.25, 0.3) is 0 Å². The number of benzene rings is 2. The van der Waals surface area contributed by atoms with Gasteiger partial charge in [-0.15, -0.1) is 11.8 Å². The monoisotopic (exact) mass is 299 g/mol. The summed E-state index contributed by atoms with van der Waals surface area (Å²) in [6.45, 7) is 3.30. The number of aryl methyl sites for hydroxylation is 1. The third kappa shape index (κ3) is 4.90. The topological polar surface area (TPSA) is 12.0 Å². The zero-order chi connectivity index (χ0) is 14.9. The molecular weight excluding hydrogens is 274 g/mol. The van der Waals surface area contributed by atoms with Gasteiger partial charge in [0.2, 0.25) is 0 Å². The maximum atomic E-state index is 3.72. The molecule has 2 heteroatoms. The minimum atomic E-state index is 0.439. The number of rotatable bonds is 8. The van der Waals surface area contributed by atoms with Crippen molar-refractivity contribution >= 4 is 11.8 Å². The summed E-state index contributed by atoms with van der Waals surface area (Å²) in [5, 5.41) is 3.72. The van der Waals surface area contributed by atoms with Crippen molar-refractivity contribution in [1.29, 1.82) is 0 Å². The molecule has 1 unspecified atom stereocenters. The molecule has 1 nitrogen and oxygen atoms in total. The lowest BCUT2D eigenvalue weighted by Crippen LogP contribution is -2.23. The van der Waals surface area contributed by atoms with Gasteiger partial charge >= 0.3 is 0 Å². The lowest BCUT2D eigenvalue weighted by atomic mass is 9.98. The third-order valence-corrected chi connectivity index (χ3v) is 4.53. The Morgan fingerprint density at radius 2 is 1.71 bits per heavy atom. The lowest BCUT2D eigenvalue weighted by Gasteiger charge is -2.21. The van der Waals surface area contributed by atoms with Gasteiger partial charge in [0.1, 0.15) is 0 Å². The Hall–Kier alpha value is -1.25.